The Morgan fingerprint density at radius 3 is 2.05 bits per heavy atom. The Hall–Kier alpha value is -2.70. The molecule has 0 aliphatic rings. The number of hydrogen-bond acceptors (Lipinski definition) is 7. The van der Waals surface area contributed by atoms with Crippen LogP contribution in [0.15, 0.2) is 12.1 Å². The standard InChI is InChI=1S/C12H13N5O2/c1-6-3-8(5-18)4-7(2)9(6)19-12-16-10(13)15-11(14)17-12/h3-5H,1-2H3,(H4,13,14,15,16,17). The molecule has 98 valence electrons. The van der Waals surface area contributed by atoms with Gasteiger partial charge >= 0.3 is 6.01 Å². The SMILES string of the molecule is Cc1cc(C=O)cc(C)c1Oc1nc(N)nc(N)n1. The molecule has 0 bridgehead atoms. The van der Waals surface area contributed by atoms with Crippen LogP contribution in [0.25, 0.3) is 0 Å². The number of aromatic nitrogens is 3. The van der Waals surface area contributed by atoms with E-state index >= 15 is 0 Å². The number of rotatable bonds is 3. The molecule has 1 aromatic heterocycles. The zero-order valence-electron chi connectivity index (χ0n) is 10.5. The molecule has 0 atom stereocenters. The number of hydrogen-bond donors (Lipinski definition) is 2. The molecule has 0 radical (unpaired) electrons. The van der Waals surface area contributed by atoms with Gasteiger partial charge in [-0.1, -0.05) is 0 Å². The topological polar surface area (TPSA) is 117 Å². The zero-order valence-corrected chi connectivity index (χ0v) is 10.5. The summed E-state index contributed by atoms with van der Waals surface area (Å²) in [5.41, 5.74) is 13.1. The van der Waals surface area contributed by atoms with Gasteiger partial charge in [0.15, 0.2) is 0 Å². The van der Waals surface area contributed by atoms with Gasteiger partial charge in [-0.05, 0) is 37.1 Å². The van der Waals surface area contributed by atoms with Gasteiger partial charge in [-0.25, -0.2) is 0 Å². The summed E-state index contributed by atoms with van der Waals surface area (Å²) in [4.78, 5) is 22.1. The van der Waals surface area contributed by atoms with Crippen LogP contribution >= 0.6 is 0 Å². The molecule has 2 aromatic rings. The molecule has 0 unspecified atom stereocenters. The first-order valence-corrected chi connectivity index (χ1v) is 5.51. The lowest BCUT2D eigenvalue weighted by Gasteiger charge is -2.11. The lowest BCUT2D eigenvalue weighted by atomic mass is 10.1. The molecule has 0 amide bonds. The second-order valence-electron chi connectivity index (χ2n) is 4.04. The van der Waals surface area contributed by atoms with Gasteiger partial charge < -0.3 is 16.2 Å². The lowest BCUT2D eigenvalue weighted by Crippen LogP contribution is -2.05. The Labute approximate surface area is 109 Å². The summed E-state index contributed by atoms with van der Waals surface area (Å²) in [5, 5.41) is 0. The molecule has 0 spiro atoms. The van der Waals surface area contributed by atoms with Crippen LogP contribution in [-0.2, 0) is 0 Å². The number of nitrogens with zero attached hydrogens (tertiary/aromatic N) is 3. The Balaban J connectivity index is 2.40. The average molecular weight is 259 g/mol. The fourth-order valence-corrected chi connectivity index (χ4v) is 1.74. The van der Waals surface area contributed by atoms with Gasteiger partial charge in [0.25, 0.3) is 0 Å². The van der Waals surface area contributed by atoms with Gasteiger partial charge in [0.2, 0.25) is 11.9 Å². The molecular weight excluding hydrogens is 246 g/mol. The van der Waals surface area contributed by atoms with Crippen molar-refractivity contribution in [1.29, 1.82) is 0 Å². The number of carbonyl (C=O) groups excluding carboxylic acids is 1. The second kappa shape index (κ2) is 4.89. The van der Waals surface area contributed by atoms with Crippen molar-refractivity contribution in [1.82, 2.24) is 15.0 Å². The van der Waals surface area contributed by atoms with E-state index in [1.165, 1.54) is 0 Å². The van der Waals surface area contributed by atoms with Crippen LogP contribution in [0.4, 0.5) is 11.9 Å². The van der Waals surface area contributed by atoms with Gasteiger partial charge in [0, 0.05) is 5.56 Å². The summed E-state index contributed by atoms with van der Waals surface area (Å²) in [5.74, 6) is 0.542. The number of nitrogens with two attached hydrogens (primary N) is 2. The van der Waals surface area contributed by atoms with Gasteiger partial charge in [-0.3, -0.25) is 4.79 Å². The Morgan fingerprint density at radius 1 is 1.05 bits per heavy atom. The third-order valence-electron chi connectivity index (χ3n) is 2.46. The molecule has 7 heteroatoms. The number of carbonyl (C=O) groups is 1. The predicted octanol–water partition coefficient (Wildman–Crippen LogP) is 1.26. The van der Waals surface area contributed by atoms with Crippen LogP contribution in [0.2, 0.25) is 0 Å². The van der Waals surface area contributed by atoms with E-state index in [-0.39, 0.29) is 17.9 Å². The second-order valence-corrected chi connectivity index (χ2v) is 4.04. The molecule has 7 nitrogen and oxygen atoms in total. The molecule has 0 saturated heterocycles. The van der Waals surface area contributed by atoms with E-state index < -0.39 is 0 Å². The Bertz CT molecular complexity index is 599. The minimum absolute atomic E-state index is 0.0117. The molecular formula is C12H13N5O2. The summed E-state index contributed by atoms with van der Waals surface area (Å²) >= 11 is 0. The van der Waals surface area contributed by atoms with Crippen molar-refractivity contribution in [3.05, 3.63) is 28.8 Å². The smallest absolute Gasteiger partial charge is 0.328 e. The maximum absolute atomic E-state index is 10.8. The molecule has 4 N–H and O–H groups in total. The Kier molecular flexibility index (Phi) is 3.28. The number of anilines is 2. The van der Waals surface area contributed by atoms with E-state index in [1.807, 2.05) is 13.8 Å². The van der Waals surface area contributed by atoms with Crippen LogP contribution in [-0.4, -0.2) is 21.2 Å². The van der Waals surface area contributed by atoms with Crippen molar-refractivity contribution in [2.75, 3.05) is 11.5 Å². The minimum Gasteiger partial charge on any atom is -0.424 e. The molecule has 19 heavy (non-hydrogen) atoms. The van der Waals surface area contributed by atoms with Gasteiger partial charge in [-0.15, -0.1) is 0 Å². The molecule has 1 aromatic carbocycles. The van der Waals surface area contributed by atoms with Gasteiger partial charge in [0.1, 0.15) is 12.0 Å². The van der Waals surface area contributed by atoms with Crippen molar-refractivity contribution in [3.63, 3.8) is 0 Å². The summed E-state index contributed by atoms with van der Waals surface area (Å²) in [6.45, 7) is 3.65. The largest absolute Gasteiger partial charge is 0.424 e. The highest BCUT2D eigenvalue weighted by Crippen LogP contribution is 2.28. The van der Waals surface area contributed by atoms with E-state index in [2.05, 4.69) is 15.0 Å². The molecule has 0 aliphatic heterocycles. The first-order chi connectivity index (χ1) is 8.99. The minimum atomic E-state index is -0.0117. The number of aldehydes is 1. The van der Waals surface area contributed by atoms with Crippen molar-refractivity contribution < 1.29 is 9.53 Å². The Morgan fingerprint density at radius 2 is 1.58 bits per heavy atom. The van der Waals surface area contributed by atoms with Crippen molar-refractivity contribution >= 4 is 18.2 Å². The van der Waals surface area contributed by atoms with Crippen LogP contribution in [0, 0.1) is 13.8 Å². The van der Waals surface area contributed by atoms with Gasteiger partial charge in [0.05, 0.1) is 0 Å². The monoisotopic (exact) mass is 259 g/mol. The summed E-state index contributed by atoms with van der Waals surface area (Å²) in [6.07, 6.45) is 0.780. The highest BCUT2D eigenvalue weighted by Gasteiger charge is 2.10. The van der Waals surface area contributed by atoms with Gasteiger partial charge in [-0.2, -0.15) is 15.0 Å². The predicted molar refractivity (Wildman–Crippen MR) is 70.0 cm³/mol. The number of ether oxygens (including phenoxy) is 1. The third-order valence-corrected chi connectivity index (χ3v) is 2.46. The molecule has 2 rings (SSSR count). The van der Waals surface area contributed by atoms with E-state index in [9.17, 15) is 4.79 Å². The number of aryl methyl sites for hydroxylation is 2. The van der Waals surface area contributed by atoms with E-state index in [1.54, 1.807) is 12.1 Å². The van der Waals surface area contributed by atoms with E-state index in [0.717, 1.165) is 17.4 Å². The zero-order chi connectivity index (χ0) is 14.0. The average Bonchev–Trinajstić information content (AvgIpc) is 2.32. The highest BCUT2D eigenvalue weighted by molar-refractivity contribution is 5.76. The fraction of sp³-hybridized carbons (Fsp3) is 0.167. The first-order valence-electron chi connectivity index (χ1n) is 5.51. The summed E-state index contributed by atoms with van der Waals surface area (Å²) < 4.78 is 5.56. The number of benzene rings is 1. The molecule has 0 fully saturated rings. The lowest BCUT2D eigenvalue weighted by molar-refractivity contribution is 0.112. The third kappa shape index (κ3) is 2.76. The van der Waals surface area contributed by atoms with Crippen molar-refractivity contribution in [3.8, 4) is 11.8 Å². The van der Waals surface area contributed by atoms with Crippen LogP contribution in [0.1, 0.15) is 21.5 Å². The normalized spacial score (nSPS) is 10.2. The van der Waals surface area contributed by atoms with Crippen LogP contribution in [0.3, 0.4) is 0 Å². The van der Waals surface area contributed by atoms with Crippen LogP contribution in [0.5, 0.6) is 11.8 Å². The quantitative estimate of drug-likeness (QED) is 0.796. The number of nitrogen functional groups attached to an aromatic ring is 2. The van der Waals surface area contributed by atoms with Crippen LogP contribution < -0.4 is 16.2 Å². The maximum atomic E-state index is 10.8. The molecule has 0 aliphatic carbocycles. The molecule has 0 saturated carbocycles. The molecule has 1 heterocycles. The highest BCUT2D eigenvalue weighted by atomic mass is 16.5. The van der Waals surface area contributed by atoms with E-state index in [0.29, 0.717) is 11.3 Å². The maximum Gasteiger partial charge on any atom is 0.328 e. The van der Waals surface area contributed by atoms with Crippen molar-refractivity contribution in [2.24, 2.45) is 0 Å². The first kappa shape index (κ1) is 12.7. The van der Waals surface area contributed by atoms with E-state index in [4.69, 9.17) is 16.2 Å². The summed E-state index contributed by atoms with van der Waals surface area (Å²) in [7, 11) is 0. The summed E-state index contributed by atoms with van der Waals surface area (Å²) in [6, 6.07) is 3.45. The van der Waals surface area contributed by atoms with Crippen molar-refractivity contribution in [2.45, 2.75) is 13.8 Å². The fourth-order valence-electron chi connectivity index (χ4n) is 1.74.